The van der Waals surface area contributed by atoms with Crippen molar-refractivity contribution >= 4 is 91.8 Å². The van der Waals surface area contributed by atoms with Gasteiger partial charge in [0.05, 0.1) is 7.57 Å². The van der Waals surface area contributed by atoms with Crippen molar-refractivity contribution in [2.75, 3.05) is 4.90 Å². The van der Waals surface area contributed by atoms with Crippen LogP contribution in [0.5, 0.6) is 0 Å². The van der Waals surface area contributed by atoms with E-state index in [-0.39, 0.29) is 0 Å². The van der Waals surface area contributed by atoms with Crippen LogP contribution >= 0.6 is 54.5 Å². The summed E-state index contributed by atoms with van der Waals surface area (Å²) in [7, 11) is 0. The van der Waals surface area contributed by atoms with Crippen LogP contribution in [0.25, 0.3) is 31.3 Å². The van der Waals surface area contributed by atoms with Crippen LogP contribution in [0.3, 0.4) is 0 Å². The zero-order valence-corrected chi connectivity index (χ0v) is 22.1. The van der Waals surface area contributed by atoms with Crippen molar-refractivity contribution in [3.63, 3.8) is 0 Å². The van der Waals surface area contributed by atoms with E-state index in [4.69, 9.17) is 0 Å². The normalized spacial score (nSPS) is 11.3. The van der Waals surface area contributed by atoms with Gasteiger partial charge in [0.2, 0.25) is 0 Å². The van der Waals surface area contributed by atoms with E-state index in [9.17, 15) is 0 Å². The van der Waals surface area contributed by atoms with Gasteiger partial charge in [-0.05, 0) is 108 Å². The maximum absolute atomic E-state index is 3.64. The van der Waals surface area contributed by atoms with Crippen LogP contribution in [-0.4, -0.2) is 0 Å². The van der Waals surface area contributed by atoms with Gasteiger partial charge in [-0.1, -0.05) is 48.5 Å². The lowest BCUT2D eigenvalue weighted by molar-refractivity contribution is 1.30. The molecule has 160 valence electrons. The first-order chi connectivity index (χ1) is 16.1. The Balaban J connectivity index is 1.50. The fourth-order valence-corrected chi connectivity index (χ4v) is 7.27. The molecule has 0 radical (unpaired) electrons. The van der Waals surface area contributed by atoms with Crippen LogP contribution < -0.4 is 4.90 Å². The van der Waals surface area contributed by atoms with Crippen molar-refractivity contribution in [3.8, 4) is 11.1 Å². The van der Waals surface area contributed by atoms with Gasteiger partial charge in [-0.2, -0.15) is 0 Å². The Hall–Kier alpha value is -2.44. The topological polar surface area (TPSA) is 3.24 Å². The molecule has 1 nitrogen and oxygen atoms in total. The molecule has 0 amide bonds. The van der Waals surface area contributed by atoms with Crippen LogP contribution in [0, 0.1) is 0 Å². The summed E-state index contributed by atoms with van der Waals surface area (Å²) in [6.07, 6.45) is 0. The minimum absolute atomic E-state index is 1.14. The molecule has 0 fully saturated rings. The predicted molar refractivity (Wildman–Crippen MR) is 153 cm³/mol. The number of thiophene rings is 2. The number of hydrogen-bond acceptors (Lipinski definition) is 3. The first-order valence-corrected chi connectivity index (χ1v) is 13.7. The Morgan fingerprint density at radius 1 is 0.485 bits per heavy atom. The fraction of sp³-hybridized carbons (Fsp3) is 0. The molecular formula is C28H17Br2NS2. The number of nitrogens with zero attached hydrogens (tertiary/aromatic N) is 1. The predicted octanol–water partition coefficient (Wildman–Crippen LogP) is 10.8. The largest absolute Gasteiger partial charge is 0.310 e. The smallest absolute Gasteiger partial charge is 0.0711 e. The summed E-state index contributed by atoms with van der Waals surface area (Å²) in [6.45, 7) is 0. The third-order valence-electron chi connectivity index (χ3n) is 5.69. The van der Waals surface area contributed by atoms with Gasteiger partial charge in [0, 0.05) is 26.5 Å². The van der Waals surface area contributed by atoms with E-state index in [1.54, 1.807) is 22.7 Å². The van der Waals surface area contributed by atoms with Crippen molar-refractivity contribution in [2.24, 2.45) is 0 Å². The Kier molecular flexibility index (Phi) is 5.59. The van der Waals surface area contributed by atoms with E-state index in [2.05, 4.69) is 140 Å². The lowest BCUT2D eigenvalue weighted by atomic mass is 10.0. The number of fused-ring (bicyclic) bond motifs is 2. The van der Waals surface area contributed by atoms with E-state index in [1.165, 1.54) is 31.3 Å². The highest BCUT2D eigenvalue weighted by atomic mass is 79.9. The highest BCUT2D eigenvalue weighted by Crippen LogP contribution is 2.41. The van der Waals surface area contributed by atoms with Gasteiger partial charge in [-0.3, -0.25) is 0 Å². The van der Waals surface area contributed by atoms with Gasteiger partial charge in [0.1, 0.15) is 0 Å². The lowest BCUT2D eigenvalue weighted by Gasteiger charge is -2.26. The Morgan fingerprint density at radius 3 is 1.88 bits per heavy atom. The summed E-state index contributed by atoms with van der Waals surface area (Å²) in [6, 6.07) is 37.1. The second kappa shape index (κ2) is 8.73. The molecule has 0 atom stereocenters. The molecule has 0 bridgehead atoms. The van der Waals surface area contributed by atoms with E-state index >= 15 is 0 Å². The van der Waals surface area contributed by atoms with Crippen molar-refractivity contribution in [1.29, 1.82) is 0 Å². The molecule has 2 heterocycles. The van der Waals surface area contributed by atoms with Gasteiger partial charge in [-0.25, -0.2) is 0 Å². The molecule has 0 aliphatic heterocycles. The fourth-order valence-electron chi connectivity index (χ4n) is 4.14. The highest BCUT2D eigenvalue weighted by molar-refractivity contribution is 9.11. The second-order valence-electron chi connectivity index (χ2n) is 7.79. The summed E-state index contributed by atoms with van der Waals surface area (Å²) in [5, 5.41) is 2.50. The maximum Gasteiger partial charge on any atom is 0.0711 e. The monoisotopic (exact) mass is 589 g/mol. The number of halogens is 2. The van der Waals surface area contributed by atoms with Crippen LogP contribution in [0.2, 0.25) is 0 Å². The number of anilines is 3. The van der Waals surface area contributed by atoms with Crippen molar-refractivity contribution in [1.82, 2.24) is 0 Å². The minimum atomic E-state index is 1.14. The molecule has 6 rings (SSSR count). The molecule has 5 heteroatoms. The van der Waals surface area contributed by atoms with Crippen molar-refractivity contribution in [3.05, 3.63) is 111 Å². The molecule has 0 saturated heterocycles. The van der Waals surface area contributed by atoms with Gasteiger partial charge >= 0.3 is 0 Å². The SMILES string of the molecule is Brc1cc2cc(N(c3ccc(-c4ccccc4)cc3)c3ccc4cc(Br)sc4c3)ccc2s1. The number of hydrogen-bond donors (Lipinski definition) is 0. The standard InChI is InChI=1S/C28H17Br2NS2/c29-27-15-20-8-11-24(17-26(20)33-27)31(23-12-13-25-21(14-23)16-28(30)32-25)22-9-6-19(7-10-22)18-4-2-1-3-5-18/h1-17H. The molecular weight excluding hydrogens is 574 g/mol. The first kappa shape index (κ1) is 21.1. The third-order valence-corrected chi connectivity index (χ3v) is 8.91. The van der Waals surface area contributed by atoms with Crippen molar-refractivity contribution < 1.29 is 0 Å². The Morgan fingerprint density at radius 2 is 1.09 bits per heavy atom. The molecule has 0 spiro atoms. The van der Waals surface area contributed by atoms with Crippen LogP contribution in [0.15, 0.2) is 111 Å². The molecule has 2 aromatic heterocycles. The molecule has 4 aromatic carbocycles. The Labute approximate surface area is 217 Å². The molecule has 0 aliphatic carbocycles. The van der Waals surface area contributed by atoms with Crippen LogP contribution in [0.1, 0.15) is 0 Å². The molecule has 0 saturated carbocycles. The summed E-state index contributed by atoms with van der Waals surface area (Å²) < 4.78 is 4.85. The van der Waals surface area contributed by atoms with Gasteiger partial charge in [0.15, 0.2) is 0 Å². The van der Waals surface area contributed by atoms with Gasteiger partial charge < -0.3 is 4.90 Å². The number of rotatable bonds is 4. The van der Waals surface area contributed by atoms with Gasteiger partial charge in [-0.15, -0.1) is 22.7 Å². The Bertz CT molecular complexity index is 1500. The van der Waals surface area contributed by atoms with E-state index in [0.29, 0.717) is 0 Å². The summed E-state index contributed by atoms with van der Waals surface area (Å²) >= 11 is 10.8. The van der Waals surface area contributed by atoms with Crippen LogP contribution in [0.4, 0.5) is 17.1 Å². The van der Waals surface area contributed by atoms with Gasteiger partial charge in [0.25, 0.3) is 0 Å². The lowest BCUT2D eigenvalue weighted by Crippen LogP contribution is -2.09. The molecule has 0 N–H and O–H groups in total. The zero-order chi connectivity index (χ0) is 22.4. The summed E-state index contributed by atoms with van der Waals surface area (Å²) in [5.41, 5.74) is 5.88. The maximum atomic E-state index is 3.64. The molecule has 0 aliphatic rings. The zero-order valence-electron chi connectivity index (χ0n) is 17.3. The summed E-state index contributed by atoms with van der Waals surface area (Å²) in [4.78, 5) is 2.34. The average Bonchev–Trinajstić information content (AvgIpc) is 3.40. The van der Waals surface area contributed by atoms with Crippen molar-refractivity contribution in [2.45, 2.75) is 0 Å². The second-order valence-corrected chi connectivity index (χ2v) is 12.7. The third kappa shape index (κ3) is 4.15. The quantitative estimate of drug-likeness (QED) is 0.197. The molecule has 6 aromatic rings. The summed E-state index contributed by atoms with van der Waals surface area (Å²) in [5.74, 6) is 0. The average molecular weight is 591 g/mol. The molecule has 0 unspecified atom stereocenters. The first-order valence-electron chi connectivity index (χ1n) is 10.5. The molecule has 33 heavy (non-hydrogen) atoms. The minimum Gasteiger partial charge on any atom is -0.310 e. The van der Waals surface area contributed by atoms with E-state index in [1.807, 2.05) is 0 Å². The number of benzene rings is 4. The van der Waals surface area contributed by atoms with E-state index in [0.717, 1.165) is 24.6 Å². The van der Waals surface area contributed by atoms with E-state index < -0.39 is 0 Å². The van der Waals surface area contributed by atoms with Crippen LogP contribution in [-0.2, 0) is 0 Å². The highest BCUT2D eigenvalue weighted by Gasteiger charge is 2.15.